The Balaban J connectivity index is 0.750. The maximum Gasteiger partial charge on any atom is 0.247 e. The molecule has 0 fully saturated rings. The third kappa shape index (κ3) is 6.10. The van der Waals surface area contributed by atoms with Crippen LogP contribution < -0.4 is 32.8 Å². The van der Waals surface area contributed by atoms with Crippen LogP contribution in [-0.4, -0.2) is 50.1 Å². The fourth-order valence-corrected chi connectivity index (χ4v) is 18.4. The standard InChI is InChI=1S/C86H48B2N8/c1-3-19-49(20-4-1)53-23-7-9-29-63(53)87-65-30-17-38-75-84(65)96(86-90-70-33-11-14-36-73(70)94(75)86)80-48-78-61(45-67(80)87)58-27-16-26-57-55-41-39-52(44-76(55)92(78)82(57)58)51-40-42-64(60(43-51)50-21-5-2-6-22-50)88-66-31-18-37-74-83(66)95(85-89-69-32-10-13-35-72(69)93(74)85)79-46-62-59-28-15-25-56-54-24-8-12-34-71(54)91(81(56)59)77(62)47-68(79)88/h1-48H. The first kappa shape index (κ1) is 50.0. The molecule has 0 bridgehead atoms. The molecule has 10 heteroatoms. The zero-order valence-corrected chi connectivity index (χ0v) is 51.4. The number of fused-ring (bicyclic) bond motifs is 26. The Morgan fingerprint density at radius 1 is 0.219 bits per heavy atom. The van der Waals surface area contributed by atoms with Crippen LogP contribution in [0.25, 0.3) is 177 Å². The normalized spacial score (nSPS) is 13.2. The fourth-order valence-electron chi connectivity index (χ4n) is 18.4. The zero-order chi connectivity index (χ0) is 61.9. The van der Waals surface area contributed by atoms with Crippen LogP contribution in [-0.2, 0) is 0 Å². The molecule has 10 heterocycles. The van der Waals surface area contributed by atoms with Crippen molar-refractivity contribution in [1.82, 2.24) is 36.7 Å². The monoisotopic (exact) mass is 1210 g/mol. The van der Waals surface area contributed by atoms with E-state index in [-0.39, 0.29) is 13.4 Å². The summed E-state index contributed by atoms with van der Waals surface area (Å²) in [5.41, 5.74) is 33.3. The largest absolute Gasteiger partial charge is 0.308 e. The van der Waals surface area contributed by atoms with Crippen LogP contribution in [0.2, 0.25) is 0 Å². The molecule has 0 spiro atoms. The minimum absolute atomic E-state index is 0.0648. The first-order valence-electron chi connectivity index (χ1n) is 33.3. The van der Waals surface area contributed by atoms with E-state index >= 15 is 0 Å². The van der Waals surface area contributed by atoms with E-state index in [1.807, 2.05) is 0 Å². The summed E-state index contributed by atoms with van der Waals surface area (Å²) < 4.78 is 14.8. The second kappa shape index (κ2) is 17.7. The molecule has 438 valence electrons. The van der Waals surface area contributed by atoms with E-state index in [9.17, 15) is 0 Å². The second-order valence-electron chi connectivity index (χ2n) is 26.7. The number of imidazole rings is 4. The molecule has 0 saturated heterocycles. The topological polar surface area (TPSA) is 53.3 Å². The van der Waals surface area contributed by atoms with Crippen LogP contribution in [0.4, 0.5) is 0 Å². The van der Waals surface area contributed by atoms with E-state index in [2.05, 4.69) is 318 Å². The lowest BCUT2D eigenvalue weighted by molar-refractivity contribution is 1.12. The molecule has 0 amide bonds. The number of hydrogen-bond acceptors (Lipinski definition) is 2. The molecule has 2 aliphatic rings. The highest BCUT2D eigenvalue weighted by molar-refractivity contribution is 6.99. The number of para-hydroxylation sites is 9. The van der Waals surface area contributed by atoms with Gasteiger partial charge >= 0.3 is 0 Å². The Bertz CT molecular complexity index is 7220. The van der Waals surface area contributed by atoms with Crippen LogP contribution in [0.1, 0.15) is 0 Å². The fraction of sp³-hybridized carbons (Fsp3) is 0. The van der Waals surface area contributed by atoms with E-state index in [1.165, 1.54) is 142 Å². The van der Waals surface area contributed by atoms with Gasteiger partial charge in [0.1, 0.15) is 0 Å². The van der Waals surface area contributed by atoms with Gasteiger partial charge in [-0.15, -0.1) is 0 Å². The number of hydrogen-bond donors (Lipinski definition) is 0. The van der Waals surface area contributed by atoms with Crippen molar-refractivity contribution in [2.75, 3.05) is 0 Å². The van der Waals surface area contributed by atoms with Crippen molar-refractivity contribution >= 4 is 178 Å². The van der Waals surface area contributed by atoms with Crippen LogP contribution in [0, 0.1) is 0 Å². The Morgan fingerprint density at radius 2 is 0.656 bits per heavy atom. The van der Waals surface area contributed by atoms with E-state index in [4.69, 9.17) is 9.97 Å². The second-order valence-corrected chi connectivity index (χ2v) is 26.7. The zero-order valence-electron chi connectivity index (χ0n) is 51.4. The summed E-state index contributed by atoms with van der Waals surface area (Å²) in [6.45, 7) is -0.205. The van der Waals surface area contributed by atoms with E-state index in [1.54, 1.807) is 0 Å². The van der Waals surface area contributed by atoms with Crippen molar-refractivity contribution in [2.24, 2.45) is 0 Å². The molecule has 96 heavy (non-hydrogen) atoms. The minimum Gasteiger partial charge on any atom is -0.308 e. The van der Waals surface area contributed by atoms with Crippen molar-refractivity contribution in [2.45, 2.75) is 0 Å². The molecule has 22 aromatic rings. The van der Waals surface area contributed by atoms with Gasteiger partial charge in [0, 0.05) is 54.5 Å². The number of nitrogens with zero attached hydrogens (tertiary/aromatic N) is 8. The Morgan fingerprint density at radius 3 is 1.32 bits per heavy atom. The first-order chi connectivity index (χ1) is 47.7. The lowest BCUT2D eigenvalue weighted by Crippen LogP contribution is -2.56. The van der Waals surface area contributed by atoms with Crippen LogP contribution in [0.5, 0.6) is 0 Å². The Hall–Kier alpha value is -12.7. The summed E-state index contributed by atoms with van der Waals surface area (Å²) in [5.74, 6) is 1.85. The van der Waals surface area contributed by atoms with Gasteiger partial charge in [-0.1, -0.05) is 229 Å². The quantitative estimate of drug-likeness (QED) is 0.161. The molecule has 24 rings (SSSR count). The molecule has 0 unspecified atom stereocenters. The highest BCUT2D eigenvalue weighted by Crippen LogP contribution is 2.45. The van der Waals surface area contributed by atoms with Gasteiger partial charge in [0.25, 0.3) is 0 Å². The summed E-state index contributed by atoms with van der Waals surface area (Å²) in [5, 5.41) is 10.0. The predicted octanol–water partition coefficient (Wildman–Crippen LogP) is 16.1. The maximum absolute atomic E-state index is 5.48. The highest BCUT2D eigenvalue weighted by atomic mass is 15.2. The van der Waals surface area contributed by atoms with Crippen LogP contribution in [0.15, 0.2) is 291 Å². The van der Waals surface area contributed by atoms with Gasteiger partial charge in [0.05, 0.1) is 77.2 Å². The molecule has 0 N–H and O–H groups in total. The smallest absolute Gasteiger partial charge is 0.247 e. The number of rotatable bonds is 5. The van der Waals surface area contributed by atoms with Crippen molar-refractivity contribution in [3.8, 4) is 44.8 Å². The molecule has 0 aliphatic carbocycles. The van der Waals surface area contributed by atoms with Gasteiger partial charge < -0.3 is 8.80 Å². The summed E-state index contributed by atoms with van der Waals surface area (Å²) in [7, 11) is 0. The summed E-state index contributed by atoms with van der Waals surface area (Å²) >= 11 is 0. The van der Waals surface area contributed by atoms with Gasteiger partial charge in [-0.2, -0.15) is 0 Å². The maximum atomic E-state index is 5.48. The first-order valence-corrected chi connectivity index (χ1v) is 33.3. The SMILES string of the molecule is c1ccc(-c2ccccc2B2c3cc4c5cccc6c7ccc(-c8ccc(B9c%10cc%11c(cc%10-n%10c%12c9cccc%12n9c%12ccccc%12nc%109)c9cccc%10c%12ccccc%12n%11c%109)c(-c9ccccc9)c8)cc7n(c4cc3-n3c4c2cccc4n2c4ccccc4nc32)c65)cc1. The van der Waals surface area contributed by atoms with Gasteiger partial charge in [-0.05, 0) is 128 Å². The van der Waals surface area contributed by atoms with E-state index in [0.717, 1.165) is 67.2 Å². The average Bonchev–Trinajstić information content (AvgIpc) is 1.51. The van der Waals surface area contributed by atoms with Crippen molar-refractivity contribution in [3.63, 3.8) is 0 Å². The van der Waals surface area contributed by atoms with Gasteiger partial charge in [0.2, 0.25) is 25.0 Å². The molecule has 8 aromatic heterocycles. The summed E-state index contributed by atoms with van der Waals surface area (Å²) in [6, 6.07) is 109. The predicted molar refractivity (Wildman–Crippen MR) is 400 cm³/mol. The summed E-state index contributed by atoms with van der Waals surface area (Å²) in [4.78, 5) is 10.9. The third-order valence-corrected chi connectivity index (χ3v) is 22.2. The molecule has 8 nitrogen and oxygen atoms in total. The molecular weight excluding hydrogens is 1170 g/mol. The van der Waals surface area contributed by atoms with Crippen molar-refractivity contribution < 1.29 is 0 Å². The average molecular weight is 1220 g/mol. The minimum atomic E-state index is -0.140. The van der Waals surface area contributed by atoms with Gasteiger partial charge in [-0.25, -0.2) is 9.97 Å². The molecule has 0 saturated carbocycles. The van der Waals surface area contributed by atoms with Gasteiger partial charge in [-0.3, -0.25) is 17.9 Å². The number of benzene rings is 14. The van der Waals surface area contributed by atoms with Crippen LogP contribution >= 0.6 is 0 Å². The lowest BCUT2D eigenvalue weighted by Gasteiger charge is -2.28. The highest BCUT2D eigenvalue weighted by Gasteiger charge is 2.40. The molecule has 14 aromatic carbocycles. The number of aromatic nitrogens is 8. The van der Waals surface area contributed by atoms with Crippen LogP contribution in [0.3, 0.4) is 0 Å². The van der Waals surface area contributed by atoms with Crippen molar-refractivity contribution in [3.05, 3.63) is 291 Å². The van der Waals surface area contributed by atoms with E-state index in [0.29, 0.717) is 0 Å². The Labute approximate surface area is 547 Å². The molecule has 0 radical (unpaired) electrons. The summed E-state index contributed by atoms with van der Waals surface area (Å²) in [6.07, 6.45) is 0. The lowest BCUT2D eigenvalue weighted by atomic mass is 9.34. The third-order valence-electron chi connectivity index (χ3n) is 22.2. The molecule has 2 aliphatic heterocycles. The van der Waals surface area contributed by atoms with Crippen molar-refractivity contribution in [1.29, 1.82) is 0 Å². The van der Waals surface area contributed by atoms with Gasteiger partial charge in [0.15, 0.2) is 0 Å². The molecular formula is C86H48B2N8. The Kier molecular flexibility index (Phi) is 9.23. The van der Waals surface area contributed by atoms with E-state index < -0.39 is 0 Å². The molecule has 0 atom stereocenters.